The summed E-state index contributed by atoms with van der Waals surface area (Å²) in [6.07, 6.45) is 14.0. The molecule has 2 saturated heterocycles. The number of tetrazole rings is 1. The quantitative estimate of drug-likeness (QED) is 0.204. The fraction of sp³-hybridized carbons (Fsp3) is 0.571. The van der Waals surface area contributed by atoms with Crippen molar-refractivity contribution in [2.24, 2.45) is 0 Å². The maximum Gasteiger partial charge on any atom is 0.256 e. The van der Waals surface area contributed by atoms with Gasteiger partial charge in [0.05, 0.1) is 49.8 Å². The molecule has 50 heavy (non-hydrogen) atoms. The molecule has 3 fully saturated rings. The van der Waals surface area contributed by atoms with Crippen LogP contribution in [0.4, 0.5) is 11.6 Å². The summed E-state index contributed by atoms with van der Waals surface area (Å²) in [6, 6.07) is 9.61. The van der Waals surface area contributed by atoms with Gasteiger partial charge in [0.1, 0.15) is 29.9 Å². The van der Waals surface area contributed by atoms with Crippen LogP contribution in [0, 0.1) is 11.3 Å². The molecule has 3 atom stereocenters. The number of anilines is 2. The van der Waals surface area contributed by atoms with Crippen molar-refractivity contribution in [3.05, 3.63) is 48.7 Å². The van der Waals surface area contributed by atoms with Crippen LogP contribution in [0.3, 0.4) is 0 Å². The second-order valence-electron chi connectivity index (χ2n) is 14.3. The van der Waals surface area contributed by atoms with Gasteiger partial charge in [-0.15, -0.1) is 10.2 Å². The zero-order chi connectivity index (χ0) is 34.7. The standard InChI is InChI=1S/C35H45N11O4/c1-23(18-44-22-39-42-43-44)50-32-14-24(4-5-25(32)15-36)26-16-37-34(38-17-26)40-31-19-45(41-33(31)49-13-12-35(2,3)47)27-6-8-28(9-7-27)46-29-10-11-30(46)21-48-20-29/h4-5,14,16-17,19,22-23,27-30,47H,6-13,18,20-21H2,1-3H3,(H,37,38,40)/t23?,27?,28?,29-,30+. The number of aromatic nitrogens is 8. The van der Waals surface area contributed by atoms with E-state index in [0.29, 0.717) is 66.5 Å². The van der Waals surface area contributed by atoms with Gasteiger partial charge in [-0.3, -0.25) is 9.58 Å². The maximum atomic E-state index is 10.3. The number of hydrogen-bond donors (Lipinski definition) is 2. The number of aliphatic hydroxyl groups is 1. The van der Waals surface area contributed by atoms with Crippen LogP contribution >= 0.6 is 0 Å². The molecule has 2 N–H and O–H groups in total. The lowest BCUT2D eigenvalue weighted by Crippen LogP contribution is -2.52. The van der Waals surface area contributed by atoms with Crippen LogP contribution in [-0.4, -0.2) is 99.6 Å². The molecule has 3 aromatic heterocycles. The Morgan fingerprint density at radius 1 is 1.04 bits per heavy atom. The molecular weight excluding hydrogens is 638 g/mol. The topological polar surface area (TPSA) is 174 Å². The lowest BCUT2D eigenvalue weighted by Gasteiger charge is -2.43. The van der Waals surface area contributed by atoms with Crippen molar-refractivity contribution >= 4 is 11.6 Å². The molecule has 264 valence electrons. The monoisotopic (exact) mass is 683 g/mol. The van der Waals surface area contributed by atoms with Crippen molar-refractivity contribution in [1.29, 1.82) is 5.26 Å². The molecule has 2 aliphatic heterocycles. The molecule has 3 aliphatic rings. The van der Waals surface area contributed by atoms with E-state index in [4.69, 9.17) is 19.3 Å². The van der Waals surface area contributed by atoms with E-state index in [0.717, 1.165) is 50.0 Å². The number of nitriles is 1. The van der Waals surface area contributed by atoms with Crippen LogP contribution in [0.1, 0.15) is 77.3 Å². The van der Waals surface area contributed by atoms with Crippen molar-refractivity contribution in [3.63, 3.8) is 0 Å². The predicted molar refractivity (Wildman–Crippen MR) is 183 cm³/mol. The Bertz CT molecular complexity index is 1740. The van der Waals surface area contributed by atoms with Gasteiger partial charge < -0.3 is 24.6 Å². The van der Waals surface area contributed by atoms with Gasteiger partial charge in [0.25, 0.3) is 5.88 Å². The van der Waals surface area contributed by atoms with Gasteiger partial charge in [-0.05, 0) is 87.4 Å². The van der Waals surface area contributed by atoms with E-state index in [2.05, 4.69) is 41.8 Å². The van der Waals surface area contributed by atoms with Crippen LogP contribution in [0.5, 0.6) is 11.6 Å². The van der Waals surface area contributed by atoms with Gasteiger partial charge in [-0.2, -0.15) is 5.26 Å². The minimum Gasteiger partial charge on any atom is -0.487 e. The van der Waals surface area contributed by atoms with E-state index in [1.54, 1.807) is 37.0 Å². The van der Waals surface area contributed by atoms with Gasteiger partial charge >= 0.3 is 0 Å². The number of ether oxygens (including phenoxy) is 3. The Morgan fingerprint density at radius 2 is 1.76 bits per heavy atom. The minimum atomic E-state index is -0.852. The molecule has 1 aliphatic carbocycles. The number of morpholine rings is 1. The molecule has 1 unspecified atom stereocenters. The number of fused-ring (bicyclic) bond motifs is 2. The minimum absolute atomic E-state index is 0.267. The number of nitrogens with one attached hydrogen (secondary N) is 1. The Morgan fingerprint density at radius 3 is 2.44 bits per heavy atom. The summed E-state index contributed by atoms with van der Waals surface area (Å²) >= 11 is 0. The summed E-state index contributed by atoms with van der Waals surface area (Å²) in [5.41, 5.74) is 1.82. The first-order valence-corrected chi connectivity index (χ1v) is 17.5. The van der Waals surface area contributed by atoms with Crippen molar-refractivity contribution in [1.82, 2.24) is 44.9 Å². The third-order valence-corrected chi connectivity index (χ3v) is 9.91. The fourth-order valence-electron chi connectivity index (χ4n) is 7.36. The van der Waals surface area contributed by atoms with E-state index in [9.17, 15) is 10.4 Å². The second kappa shape index (κ2) is 14.7. The SMILES string of the molecule is CC(Cn1cnnn1)Oc1cc(-c2cnc(Nc3cn(C4CCC(N5[C@@H]6CC[C@H]5COC6)CC4)nc3OCCC(C)(C)O)nc2)ccc1C#N. The summed E-state index contributed by atoms with van der Waals surface area (Å²) in [4.78, 5) is 11.9. The third kappa shape index (κ3) is 7.88. The highest BCUT2D eigenvalue weighted by Gasteiger charge is 2.42. The molecule has 15 nitrogen and oxygen atoms in total. The summed E-state index contributed by atoms with van der Waals surface area (Å²) in [5, 5.41) is 39.3. The highest BCUT2D eigenvalue weighted by molar-refractivity contribution is 5.67. The maximum absolute atomic E-state index is 10.3. The molecule has 1 aromatic carbocycles. The van der Waals surface area contributed by atoms with Gasteiger partial charge in [0.2, 0.25) is 5.95 Å². The van der Waals surface area contributed by atoms with Crippen molar-refractivity contribution in [2.45, 2.75) is 108 Å². The number of nitrogens with zero attached hydrogens (tertiary/aromatic N) is 10. The largest absolute Gasteiger partial charge is 0.487 e. The molecule has 0 spiro atoms. The van der Waals surface area contributed by atoms with Gasteiger partial charge in [-0.1, -0.05) is 6.07 Å². The second-order valence-corrected chi connectivity index (χ2v) is 14.3. The molecule has 1 saturated carbocycles. The normalized spacial score (nSPS) is 22.9. The van der Waals surface area contributed by atoms with Crippen LogP contribution in [-0.2, 0) is 11.3 Å². The zero-order valence-corrected chi connectivity index (χ0v) is 28.9. The van der Waals surface area contributed by atoms with E-state index < -0.39 is 5.60 Å². The summed E-state index contributed by atoms with van der Waals surface area (Å²) in [5.74, 6) is 1.31. The van der Waals surface area contributed by atoms with E-state index in [1.165, 1.54) is 19.2 Å². The lowest BCUT2D eigenvalue weighted by atomic mass is 9.89. The molecule has 7 rings (SSSR count). The highest BCUT2D eigenvalue weighted by atomic mass is 16.5. The number of benzene rings is 1. The number of rotatable bonds is 13. The van der Waals surface area contributed by atoms with Crippen molar-refractivity contribution < 1.29 is 19.3 Å². The Hall–Kier alpha value is -4.65. The first-order valence-electron chi connectivity index (χ1n) is 17.5. The van der Waals surface area contributed by atoms with Gasteiger partial charge in [0.15, 0.2) is 0 Å². The molecule has 4 aromatic rings. The van der Waals surface area contributed by atoms with Gasteiger partial charge in [-0.25, -0.2) is 14.6 Å². The first-order chi connectivity index (χ1) is 24.2. The van der Waals surface area contributed by atoms with Crippen LogP contribution < -0.4 is 14.8 Å². The Balaban J connectivity index is 1.04. The van der Waals surface area contributed by atoms with E-state index in [-0.39, 0.29) is 12.1 Å². The molecule has 0 amide bonds. The van der Waals surface area contributed by atoms with Crippen LogP contribution in [0.25, 0.3) is 11.1 Å². The molecule has 15 heteroatoms. The number of hydrogen-bond acceptors (Lipinski definition) is 13. The van der Waals surface area contributed by atoms with Crippen LogP contribution in [0.15, 0.2) is 43.1 Å². The smallest absolute Gasteiger partial charge is 0.256 e. The lowest BCUT2D eigenvalue weighted by molar-refractivity contribution is -0.0458. The summed E-state index contributed by atoms with van der Waals surface area (Å²) in [7, 11) is 0. The van der Waals surface area contributed by atoms with Gasteiger partial charge in [0, 0.05) is 42.5 Å². The Kier molecular flexibility index (Phi) is 9.93. The first kappa shape index (κ1) is 33.8. The summed E-state index contributed by atoms with van der Waals surface area (Å²) in [6.45, 7) is 7.91. The van der Waals surface area contributed by atoms with E-state index in [1.807, 2.05) is 29.9 Å². The fourth-order valence-corrected chi connectivity index (χ4v) is 7.36. The zero-order valence-electron chi connectivity index (χ0n) is 28.9. The molecule has 2 bridgehead atoms. The highest BCUT2D eigenvalue weighted by Crippen LogP contribution is 2.39. The van der Waals surface area contributed by atoms with Crippen molar-refractivity contribution in [2.75, 3.05) is 25.1 Å². The van der Waals surface area contributed by atoms with Crippen molar-refractivity contribution in [3.8, 4) is 28.8 Å². The third-order valence-electron chi connectivity index (χ3n) is 9.91. The average molecular weight is 684 g/mol. The summed E-state index contributed by atoms with van der Waals surface area (Å²) < 4.78 is 21.7. The molecule has 0 radical (unpaired) electrons. The molecule has 5 heterocycles. The Labute approximate surface area is 291 Å². The van der Waals surface area contributed by atoms with E-state index >= 15 is 0 Å². The molecular formula is C35H45N11O4. The average Bonchev–Trinajstić information content (AvgIpc) is 3.82. The predicted octanol–water partition coefficient (Wildman–Crippen LogP) is 4.30. The van der Waals surface area contributed by atoms with Crippen LogP contribution in [0.2, 0.25) is 0 Å².